The lowest BCUT2D eigenvalue weighted by Gasteiger charge is -2.32. The molecule has 0 aliphatic heterocycles. The van der Waals surface area contributed by atoms with Gasteiger partial charge in [0, 0.05) is 35.2 Å². The van der Waals surface area contributed by atoms with E-state index in [1.54, 1.807) is 0 Å². The molecule has 0 atom stereocenters. The first-order valence-corrected chi connectivity index (χ1v) is 14.1. The maximum atomic E-state index is 13.4. The van der Waals surface area contributed by atoms with E-state index in [0.29, 0.717) is 24.5 Å². The molecule has 0 saturated heterocycles. The quantitative estimate of drug-likeness (QED) is 0.513. The maximum absolute atomic E-state index is 13.4. The number of aromatic nitrogens is 3. The summed E-state index contributed by atoms with van der Waals surface area (Å²) >= 11 is 0. The third-order valence-corrected chi connectivity index (χ3v) is 8.93. The van der Waals surface area contributed by atoms with Crippen molar-refractivity contribution >= 4 is 11.9 Å². The number of nitrogens with one attached hydrogen (secondary N) is 1. The lowest BCUT2D eigenvalue weighted by atomic mass is 9.80. The van der Waals surface area contributed by atoms with E-state index in [0.717, 1.165) is 42.0 Å². The highest BCUT2D eigenvalue weighted by Gasteiger charge is 2.43. The van der Waals surface area contributed by atoms with Gasteiger partial charge in [-0.3, -0.25) is 9.59 Å². The molecule has 3 fully saturated rings. The maximum Gasteiger partial charge on any atom is 0.306 e. The number of carboxylic acid groups (broad SMARTS) is 1. The van der Waals surface area contributed by atoms with E-state index in [9.17, 15) is 14.7 Å². The normalized spacial score (nSPS) is 23.4. The molecule has 2 N–H and O–H groups in total. The number of amides is 1. The minimum absolute atomic E-state index is 0.0411. The molecule has 7 heteroatoms. The molecule has 7 nitrogen and oxygen atoms in total. The van der Waals surface area contributed by atoms with E-state index in [1.165, 1.54) is 37.8 Å². The lowest BCUT2D eigenvalue weighted by molar-refractivity contribution is -0.145. The molecule has 2 aromatic rings. The van der Waals surface area contributed by atoms with E-state index in [1.807, 2.05) is 13.1 Å². The molecule has 0 radical (unpaired) electrons. The fourth-order valence-corrected chi connectivity index (χ4v) is 5.84. The van der Waals surface area contributed by atoms with Gasteiger partial charge in [0.2, 0.25) is 0 Å². The van der Waals surface area contributed by atoms with E-state index in [2.05, 4.69) is 43.6 Å². The number of carbonyl (C=O) groups excluding carboxylic acids is 1. The summed E-state index contributed by atoms with van der Waals surface area (Å²) in [5.74, 6) is 0.272. The SMILES string of the molecule is Cn1c(C(=O)N[C@H]2C[C@H](C(=O)O)C2)cc(-c2cc(C(C)(C)C)nc(C3(C)CC3)n2)c1CC1CCCCC1. The summed E-state index contributed by atoms with van der Waals surface area (Å²) in [4.78, 5) is 34.7. The molecule has 1 amide bonds. The van der Waals surface area contributed by atoms with Crippen LogP contribution in [0.25, 0.3) is 11.3 Å². The minimum Gasteiger partial charge on any atom is -0.481 e. The Balaban J connectivity index is 1.52. The number of carboxylic acids is 1. The van der Waals surface area contributed by atoms with Gasteiger partial charge in [0.1, 0.15) is 11.5 Å². The Bertz CT molecular complexity index is 1170. The first kappa shape index (κ1) is 25.9. The van der Waals surface area contributed by atoms with Gasteiger partial charge in [0.15, 0.2) is 0 Å². The van der Waals surface area contributed by atoms with Crippen LogP contribution < -0.4 is 5.32 Å². The second-order valence-electron chi connectivity index (χ2n) is 13.1. The summed E-state index contributed by atoms with van der Waals surface area (Å²) in [6, 6.07) is 4.05. The largest absolute Gasteiger partial charge is 0.481 e. The number of hydrogen-bond acceptors (Lipinski definition) is 4. The van der Waals surface area contributed by atoms with Crippen LogP contribution in [-0.2, 0) is 29.1 Å². The predicted octanol–water partition coefficient (Wildman–Crippen LogP) is 5.55. The molecule has 0 aromatic carbocycles. The van der Waals surface area contributed by atoms with Crippen LogP contribution >= 0.6 is 0 Å². The Morgan fingerprint density at radius 3 is 2.38 bits per heavy atom. The molecule has 0 spiro atoms. The number of hydrogen-bond donors (Lipinski definition) is 2. The molecule has 0 unspecified atom stereocenters. The predicted molar refractivity (Wildman–Crippen MR) is 144 cm³/mol. The highest BCUT2D eigenvalue weighted by Crippen LogP contribution is 2.47. The molecule has 3 aliphatic carbocycles. The van der Waals surface area contributed by atoms with Crippen molar-refractivity contribution in [2.75, 3.05) is 0 Å². The molecule has 200 valence electrons. The van der Waals surface area contributed by atoms with Gasteiger partial charge in [-0.25, -0.2) is 9.97 Å². The van der Waals surface area contributed by atoms with Gasteiger partial charge >= 0.3 is 5.97 Å². The van der Waals surface area contributed by atoms with E-state index in [-0.39, 0.29) is 28.7 Å². The summed E-state index contributed by atoms with van der Waals surface area (Å²) in [7, 11) is 1.99. The minimum atomic E-state index is -0.778. The monoisotopic (exact) mass is 506 g/mol. The van der Waals surface area contributed by atoms with Gasteiger partial charge in [-0.15, -0.1) is 0 Å². The smallest absolute Gasteiger partial charge is 0.306 e. The van der Waals surface area contributed by atoms with Crippen molar-refractivity contribution < 1.29 is 14.7 Å². The Kier molecular flexibility index (Phi) is 6.70. The first-order chi connectivity index (χ1) is 17.4. The summed E-state index contributed by atoms with van der Waals surface area (Å²) in [5.41, 5.74) is 4.70. The second kappa shape index (κ2) is 9.55. The van der Waals surface area contributed by atoms with Crippen LogP contribution in [-0.4, -0.2) is 37.6 Å². The average molecular weight is 507 g/mol. The standard InChI is InChI=1S/C30H42N4O3/c1-29(2,3)25-17-22(32-28(33-25)30(4)11-12-30)21-16-24(26(35)31-20-14-19(15-20)27(36)37)34(5)23(21)13-18-9-7-6-8-10-18/h16-20H,6-15H2,1-5H3,(H,31,35)(H,36,37)/t19-,20-. The summed E-state index contributed by atoms with van der Waals surface area (Å²) < 4.78 is 2.06. The van der Waals surface area contributed by atoms with Crippen molar-refractivity contribution in [2.24, 2.45) is 18.9 Å². The molecule has 2 heterocycles. The zero-order chi connectivity index (χ0) is 26.5. The highest BCUT2D eigenvalue weighted by molar-refractivity contribution is 5.95. The van der Waals surface area contributed by atoms with Crippen molar-refractivity contribution in [3.8, 4) is 11.3 Å². The summed E-state index contributed by atoms with van der Waals surface area (Å²) in [5, 5.41) is 12.3. The molecule has 5 rings (SSSR count). The number of aliphatic carboxylic acids is 1. The Labute approximate surface area is 220 Å². The molecule has 3 aliphatic rings. The Morgan fingerprint density at radius 2 is 1.78 bits per heavy atom. The third-order valence-electron chi connectivity index (χ3n) is 8.93. The Hall–Kier alpha value is -2.70. The first-order valence-electron chi connectivity index (χ1n) is 14.1. The van der Waals surface area contributed by atoms with Crippen LogP contribution in [0.2, 0.25) is 0 Å². The zero-order valence-electron chi connectivity index (χ0n) is 23.1. The van der Waals surface area contributed by atoms with Gasteiger partial charge in [0.05, 0.1) is 17.3 Å². The van der Waals surface area contributed by atoms with Crippen LogP contribution in [0.3, 0.4) is 0 Å². The van der Waals surface area contributed by atoms with E-state index in [4.69, 9.17) is 9.97 Å². The highest BCUT2D eigenvalue weighted by atomic mass is 16.4. The van der Waals surface area contributed by atoms with Gasteiger partial charge < -0.3 is 15.0 Å². The van der Waals surface area contributed by atoms with Crippen LogP contribution in [0.1, 0.15) is 113 Å². The van der Waals surface area contributed by atoms with Gasteiger partial charge in [0.25, 0.3) is 5.91 Å². The fraction of sp³-hybridized carbons (Fsp3) is 0.667. The van der Waals surface area contributed by atoms with Crippen LogP contribution in [0, 0.1) is 11.8 Å². The number of rotatable bonds is 7. The molecule has 37 heavy (non-hydrogen) atoms. The fourth-order valence-electron chi connectivity index (χ4n) is 5.84. The van der Waals surface area contributed by atoms with Crippen LogP contribution in [0.4, 0.5) is 0 Å². The molecular formula is C30H42N4O3. The van der Waals surface area contributed by atoms with Gasteiger partial charge in [-0.1, -0.05) is 59.8 Å². The number of carbonyl (C=O) groups is 2. The van der Waals surface area contributed by atoms with Crippen molar-refractivity contribution in [1.82, 2.24) is 19.9 Å². The topological polar surface area (TPSA) is 97.1 Å². The molecular weight excluding hydrogens is 464 g/mol. The van der Waals surface area contributed by atoms with Gasteiger partial charge in [-0.2, -0.15) is 0 Å². The van der Waals surface area contributed by atoms with Crippen molar-refractivity contribution in [3.63, 3.8) is 0 Å². The average Bonchev–Trinajstić information content (AvgIpc) is 3.50. The molecule has 3 saturated carbocycles. The van der Waals surface area contributed by atoms with Crippen molar-refractivity contribution in [1.29, 1.82) is 0 Å². The zero-order valence-corrected chi connectivity index (χ0v) is 23.1. The second-order valence-corrected chi connectivity index (χ2v) is 13.1. The molecule has 0 bridgehead atoms. The van der Waals surface area contributed by atoms with E-state index >= 15 is 0 Å². The van der Waals surface area contributed by atoms with Gasteiger partial charge in [-0.05, 0) is 50.2 Å². The van der Waals surface area contributed by atoms with Crippen LogP contribution in [0.5, 0.6) is 0 Å². The Morgan fingerprint density at radius 1 is 1.11 bits per heavy atom. The number of nitrogens with zero attached hydrogens (tertiary/aromatic N) is 3. The van der Waals surface area contributed by atoms with E-state index < -0.39 is 5.97 Å². The molecule has 2 aromatic heterocycles. The summed E-state index contributed by atoms with van der Waals surface area (Å²) in [6.45, 7) is 8.81. The van der Waals surface area contributed by atoms with Crippen molar-refractivity contribution in [2.45, 2.75) is 109 Å². The summed E-state index contributed by atoms with van der Waals surface area (Å²) in [6.07, 6.45) is 10.5. The lowest BCUT2D eigenvalue weighted by Crippen LogP contribution is -2.47. The van der Waals surface area contributed by atoms with Crippen LogP contribution in [0.15, 0.2) is 12.1 Å². The third kappa shape index (κ3) is 5.32. The van der Waals surface area contributed by atoms with Crippen molar-refractivity contribution in [3.05, 3.63) is 35.0 Å².